The Bertz CT molecular complexity index is 4640. The molecular formula is C54H36Cl10N16O10. The third-order valence-corrected chi connectivity index (χ3v) is 15.1. The van der Waals surface area contributed by atoms with Crippen LogP contribution in [0.1, 0.15) is 23.2 Å². The van der Waals surface area contributed by atoms with Crippen LogP contribution in [0.4, 0.5) is 0 Å². The Kier molecular flexibility index (Phi) is 23.4. The number of carbonyl (C=O) groups is 1. The van der Waals surface area contributed by atoms with E-state index in [2.05, 4.69) is 56.1 Å². The van der Waals surface area contributed by atoms with E-state index in [1.54, 1.807) is 98.1 Å². The molecule has 11 rings (SSSR count). The van der Waals surface area contributed by atoms with Crippen LogP contribution in [0.25, 0.3) is 34.2 Å². The highest BCUT2D eigenvalue weighted by Gasteiger charge is 2.18. The molecule has 36 heteroatoms. The van der Waals surface area contributed by atoms with Crippen LogP contribution in [0.15, 0.2) is 155 Å². The topological polar surface area (TPSA) is 328 Å². The molecule has 0 radical (unpaired) electrons. The van der Waals surface area contributed by atoms with Crippen LogP contribution in [0.2, 0.25) is 50.2 Å². The molecule has 7 aromatic heterocycles. The van der Waals surface area contributed by atoms with Crippen molar-refractivity contribution < 1.29 is 27.8 Å². The third kappa shape index (κ3) is 17.4. The molecule has 0 atom stereocenters. The molecule has 0 saturated carbocycles. The average Bonchev–Trinajstić information content (AvgIpc) is 2.24. The number of benzene rings is 4. The minimum Gasteiger partial charge on any atom is -0.497 e. The van der Waals surface area contributed by atoms with E-state index in [0.29, 0.717) is 44.4 Å². The summed E-state index contributed by atoms with van der Waals surface area (Å²) in [6.07, 6.45) is 5.01. The van der Waals surface area contributed by atoms with Gasteiger partial charge in [-0.15, -0.1) is 0 Å². The average molecular weight is 1420 g/mol. The molecule has 0 saturated heterocycles. The molecule has 0 aliphatic rings. The van der Waals surface area contributed by atoms with Gasteiger partial charge in [0.05, 0.1) is 64.1 Å². The number of carbonyl (C=O) groups excluding carboxylic acids is 1. The Morgan fingerprint density at radius 3 is 1.32 bits per heavy atom. The van der Waals surface area contributed by atoms with Crippen molar-refractivity contribution in [2.24, 2.45) is 0 Å². The summed E-state index contributed by atoms with van der Waals surface area (Å²) in [4.78, 5) is 72.1. The molecule has 462 valence electrons. The molecule has 90 heavy (non-hydrogen) atoms. The van der Waals surface area contributed by atoms with Gasteiger partial charge < -0.3 is 28.4 Å². The molecular weight excluding hydrogens is 1390 g/mol. The maximum Gasteiger partial charge on any atom is 0.287 e. The molecule has 0 fully saturated rings. The number of nitrogens with zero attached hydrogens (tertiary/aromatic N) is 14. The second-order valence-electron chi connectivity index (χ2n) is 17.5. The zero-order valence-corrected chi connectivity index (χ0v) is 53.1. The van der Waals surface area contributed by atoms with E-state index in [9.17, 15) is 24.0 Å². The van der Waals surface area contributed by atoms with Crippen molar-refractivity contribution in [2.45, 2.75) is 26.2 Å². The maximum atomic E-state index is 11.9. The second-order valence-corrected chi connectivity index (χ2v) is 21.5. The lowest BCUT2D eigenvalue weighted by atomic mass is 10.2. The first-order valence-corrected chi connectivity index (χ1v) is 28.7. The van der Waals surface area contributed by atoms with Crippen LogP contribution in [-0.2, 0) is 31.0 Å². The van der Waals surface area contributed by atoms with Crippen LogP contribution in [-0.4, -0.2) is 95.5 Å². The van der Waals surface area contributed by atoms with Gasteiger partial charge in [-0.05, 0) is 72.8 Å². The summed E-state index contributed by atoms with van der Waals surface area (Å²) in [5, 5.41) is 38.0. The van der Waals surface area contributed by atoms with Gasteiger partial charge in [0.25, 0.3) is 22.2 Å². The van der Waals surface area contributed by atoms with E-state index in [1.807, 2.05) is 6.07 Å². The maximum absolute atomic E-state index is 11.9. The van der Waals surface area contributed by atoms with Gasteiger partial charge in [0.15, 0.2) is 0 Å². The Balaban J connectivity index is 0.000000155. The smallest absolute Gasteiger partial charge is 0.287 e. The van der Waals surface area contributed by atoms with Crippen LogP contribution >= 0.6 is 116 Å². The number of aromatic nitrogens is 14. The largest absolute Gasteiger partial charge is 0.497 e. The molecule has 1 amide bonds. The predicted molar refractivity (Wildman–Crippen MR) is 335 cm³/mol. The van der Waals surface area contributed by atoms with Gasteiger partial charge in [-0.3, -0.25) is 29.4 Å². The Morgan fingerprint density at radius 2 is 0.878 bits per heavy atom. The fourth-order valence-corrected chi connectivity index (χ4v) is 8.49. The molecule has 4 aromatic carbocycles. The first-order chi connectivity index (χ1) is 43.1. The van der Waals surface area contributed by atoms with Crippen molar-refractivity contribution >= 4 is 128 Å². The fraction of sp³-hybridized carbons (Fsp3) is 0.111. The molecule has 26 nitrogen and oxygen atoms in total. The first-order valence-electron chi connectivity index (χ1n) is 24.9. The van der Waals surface area contributed by atoms with Gasteiger partial charge >= 0.3 is 0 Å². The molecule has 0 aliphatic heterocycles. The molecule has 0 unspecified atom stereocenters. The number of rotatable bonds is 14. The quantitative estimate of drug-likeness (QED) is 0.0754. The number of ether oxygens (including phenoxy) is 2. The Labute approximate surface area is 554 Å². The third-order valence-electron chi connectivity index (χ3n) is 11.5. The lowest BCUT2D eigenvalue weighted by molar-refractivity contribution is -0.120. The summed E-state index contributed by atoms with van der Waals surface area (Å²) in [6, 6.07) is 27.9. The number of nitrogens with one attached hydrogen (secondary N) is 2. The van der Waals surface area contributed by atoms with Crippen molar-refractivity contribution in [3.8, 4) is 45.7 Å². The van der Waals surface area contributed by atoms with Gasteiger partial charge in [0, 0.05) is 27.3 Å². The van der Waals surface area contributed by atoms with E-state index in [-0.39, 0.29) is 89.9 Å². The van der Waals surface area contributed by atoms with Gasteiger partial charge in [-0.1, -0.05) is 156 Å². The lowest BCUT2D eigenvalue weighted by Crippen LogP contribution is -2.37. The van der Waals surface area contributed by atoms with Gasteiger partial charge in [0.2, 0.25) is 41.1 Å². The molecule has 0 bridgehead atoms. The molecule has 0 aliphatic carbocycles. The van der Waals surface area contributed by atoms with Crippen LogP contribution in [0.5, 0.6) is 11.5 Å². The standard InChI is InChI=1S/C14H10Cl2N4O3.C14H12Cl2N4O3.2C13H7Cl3N4O2/c1-22-9-4-2-8(3-5-9)13-18-11(23-19-13)7-20-14(21)12(16)10(15)6-17-20;1-23-9-4-2-3-8(5-9)13(17)19-11(21)7-20-14(22)12(16)10(15)6-18-20;14-8-3-1-7(2-4-8)12-18-10(22-19-12)6-20-13(21)11(16)9(15)5-17-20;14-8-4-2-1-3-7(8)12-18-10(22-19-12)6-20-13(21)11(16)9(15)5-17-20/h2-6H,7H2,1H3;2-6H,7H2,1H3,(H2,17,19,21);2*1-5H,6H2. The zero-order chi connectivity index (χ0) is 64.8. The highest BCUT2D eigenvalue weighted by Crippen LogP contribution is 2.26. The minimum absolute atomic E-state index is 0.00111. The van der Waals surface area contributed by atoms with Crippen molar-refractivity contribution in [3.63, 3.8) is 0 Å². The van der Waals surface area contributed by atoms with Crippen LogP contribution in [0, 0.1) is 5.41 Å². The number of methoxy groups -OCH3 is 2. The Hall–Kier alpha value is -8.54. The summed E-state index contributed by atoms with van der Waals surface area (Å²) in [7, 11) is 3.09. The zero-order valence-electron chi connectivity index (χ0n) is 45.5. The van der Waals surface area contributed by atoms with Crippen molar-refractivity contribution in [1.29, 1.82) is 5.41 Å². The lowest BCUT2D eigenvalue weighted by Gasteiger charge is -2.09. The molecule has 0 spiro atoms. The van der Waals surface area contributed by atoms with Gasteiger partial charge in [-0.25, -0.2) is 18.7 Å². The minimum atomic E-state index is -0.678. The van der Waals surface area contributed by atoms with E-state index in [4.69, 9.17) is 144 Å². The predicted octanol–water partition coefficient (Wildman–Crippen LogP) is 11.0. The molecule has 7 heterocycles. The molecule has 2 N–H and O–H groups in total. The summed E-state index contributed by atoms with van der Waals surface area (Å²) in [5.41, 5.74) is 0.336. The van der Waals surface area contributed by atoms with Gasteiger partial charge in [-0.2, -0.15) is 35.3 Å². The van der Waals surface area contributed by atoms with E-state index < -0.39 is 28.1 Å². The van der Waals surface area contributed by atoms with E-state index in [0.717, 1.165) is 35.6 Å². The van der Waals surface area contributed by atoms with Crippen molar-refractivity contribution in [1.82, 2.24) is 74.9 Å². The Morgan fingerprint density at radius 1 is 0.478 bits per heavy atom. The number of halogens is 10. The highest BCUT2D eigenvalue weighted by molar-refractivity contribution is 6.43. The highest BCUT2D eigenvalue weighted by atomic mass is 35.5. The van der Waals surface area contributed by atoms with Gasteiger partial charge in [0.1, 0.15) is 63.6 Å². The molecule has 11 aromatic rings. The van der Waals surface area contributed by atoms with Crippen molar-refractivity contribution in [3.05, 3.63) is 237 Å². The summed E-state index contributed by atoms with van der Waals surface area (Å²) in [6.45, 7) is -0.412. The monoisotopic (exact) mass is 1420 g/mol. The van der Waals surface area contributed by atoms with E-state index >= 15 is 0 Å². The van der Waals surface area contributed by atoms with Crippen LogP contribution in [0.3, 0.4) is 0 Å². The normalized spacial score (nSPS) is 10.7. The van der Waals surface area contributed by atoms with E-state index in [1.165, 1.54) is 31.9 Å². The first kappa shape index (κ1) is 67.4. The number of hydrogen-bond donors (Lipinski definition) is 2. The number of amidine groups is 1. The SMILES string of the molecule is COc1ccc(-c2noc(Cn3ncc(Cl)c(Cl)c3=O)n2)cc1.COc1cccc(C(=N)NC(=O)Cn2ncc(Cl)c(Cl)c2=O)c1.O=c1c(Cl)c(Cl)cnn1Cc1nc(-c2ccc(Cl)cc2)no1.O=c1c(Cl)c(Cl)cnn1Cc1nc(-c2ccccc2Cl)no1. The second kappa shape index (κ2) is 31.3. The van der Waals surface area contributed by atoms with Crippen LogP contribution < -0.4 is 37.0 Å². The summed E-state index contributed by atoms with van der Waals surface area (Å²) >= 11 is 57.8. The summed E-state index contributed by atoms with van der Waals surface area (Å²) in [5.74, 6) is 2.33. The number of hydrogen-bond acceptors (Lipinski definition) is 21. The number of amides is 1. The fourth-order valence-electron chi connectivity index (χ4n) is 7.06. The summed E-state index contributed by atoms with van der Waals surface area (Å²) < 4.78 is 29.6. The van der Waals surface area contributed by atoms with Crippen molar-refractivity contribution in [2.75, 3.05) is 14.2 Å².